The number of ketones is 1. The van der Waals surface area contributed by atoms with Crippen molar-refractivity contribution < 1.29 is 27.8 Å². The molecule has 2 aromatic rings. The van der Waals surface area contributed by atoms with Crippen LogP contribution >= 0.6 is 11.6 Å². The Hall–Kier alpha value is -2.06. The number of alkyl halides is 3. The highest BCUT2D eigenvalue weighted by atomic mass is 35.5. The predicted molar refractivity (Wildman–Crippen MR) is 100 cm³/mol. The standard InChI is InChI=1S/C19H22ClF3N4O/c1-12-8-15(13(2)25(12)3)17(28)11-26-4-6-27(7-5-26)18-16(20)9-14(10-24-18)19(21,22)23/h8-10H,4-7,11H2,1-3H3/p+2. The molecule has 0 radical (unpaired) electrons. The van der Waals surface area contributed by atoms with Gasteiger partial charge in [0.15, 0.2) is 0 Å². The van der Waals surface area contributed by atoms with Gasteiger partial charge in [-0.3, -0.25) is 4.79 Å². The van der Waals surface area contributed by atoms with E-state index in [0.717, 1.165) is 34.1 Å². The number of quaternary nitrogens is 1. The van der Waals surface area contributed by atoms with Crippen LogP contribution in [0, 0.1) is 13.8 Å². The van der Waals surface area contributed by atoms with E-state index in [9.17, 15) is 18.0 Å². The van der Waals surface area contributed by atoms with Gasteiger partial charge < -0.3 is 9.47 Å². The van der Waals surface area contributed by atoms with E-state index in [1.54, 1.807) is 0 Å². The average Bonchev–Trinajstić information content (AvgIpc) is 2.89. The molecule has 1 aliphatic heterocycles. The number of aryl methyl sites for hydroxylation is 1. The third-order valence-corrected chi connectivity index (χ3v) is 5.76. The van der Waals surface area contributed by atoms with E-state index < -0.39 is 11.7 Å². The lowest BCUT2D eigenvalue weighted by molar-refractivity contribution is -0.892. The first kappa shape index (κ1) is 20.7. The number of pyridine rings is 1. The summed E-state index contributed by atoms with van der Waals surface area (Å²) in [4.78, 5) is 18.4. The van der Waals surface area contributed by atoms with Crippen LogP contribution in [-0.2, 0) is 13.2 Å². The number of anilines is 1. The van der Waals surface area contributed by atoms with E-state index in [1.807, 2.05) is 36.4 Å². The second-order valence-electron chi connectivity index (χ2n) is 7.26. The third-order valence-electron chi connectivity index (χ3n) is 5.47. The molecule has 9 heteroatoms. The number of H-pyrrole nitrogens is 1. The molecule has 1 aliphatic rings. The van der Waals surface area contributed by atoms with Crippen LogP contribution in [0.5, 0.6) is 0 Å². The number of hydrogen-bond donors (Lipinski definition) is 1. The summed E-state index contributed by atoms with van der Waals surface area (Å²) in [6.07, 6.45) is -3.50. The van der Waals surface area contributed by atoms with Crippen molar-refractivity contribution in [2.24, 2.45) is 7.05 Å². The van der Waals surface area contributed by atoms with Crippen LogP contribution in [0.4, 0.5) is 19.0 Å². The minimum atomic E-state index is -4.43. The van der Waals surface area contributed by atoms with E-state index in [1.165, 1.54) is 0 Å². The molecule has 0 bridgehead atoms. The second-order valence-corrected chi connectivity index (χ2v) is 7.67. The van der Waals surface area contributed by atoms with Crippen molar-refractivity contribution in [1.29, 1.82) is 0 Å². The summed E-state index contributed by atoms with van der Waals surface area (Å²) in [6, 6.07) is 2.86. The SMILES string of the molecule is Cc1cc(C(=O)C[NH+]2CCN(c3[nH+]cc(C(F)(F)F)cc3Cl)CC2)c(C)n1C. The summed E-state index contributed by atoms with van der Waals surface area (Å²) in [7, 11) is 1.94. The number of carbonyl (C=O) groups excluding carboxylic acids is 1. The Bertz CT molecular complexity index is 886. The molecule has 28 heavy (non-hydrogen) atoms. The maximum atomic E-state index is 12.8. The van der Waals surface area contributed by atoms with E-state index in [-0.39, 0.29) is 10.8 Å². The zero-order chi connectivity index (χ0) is 20.6. The van der Waals surface area contributed by atoms with Gasteiger partial charge in [-0.2, -0.15) is 13.2 Å². The molecule has 0 aromatic carbocycles. The number of aromatic amines is 1. The Labute approximate surface area is 166 Å². The van der Waals surface area contributed by atoms with Crippen LogP contribution in [0.1, 0.15) is 27.3 Å². The Kier molecular flexibility index (Phi) is 5.72. The van der Waals surface area contributed by atoms with E-state index >= 15 is 0 Å². The van der Waals surface area contributed by atoms with Gasteiger partial charge in [-0.15, -0.1) is 0 Å². The third kappa shape index (κ3) is 4.17. The highest BCUT2D eigenvalue weighted by molar-refractivity contribution is 6.32. The lowest BCUT2D eigenvalue weighted by Crippen LogP contribution is -3.15. The molecule has 0 saturated carbocycles. The Morgan fingerprint density at radius 1 is 1.25 bits per heavy atom. The molecule has 1 saturated heterocycles. The van der Waals surface area contributed by atoms with Crippen molar-refractivity contribution in [2.45, 2.75) is 20.0 Å². The molecule has 0 aliphatic carbocycles. The summed E-state index contributed by atoms with van der Waals surface area (Å²) >= 11 is 6.07. The number of hydrogen-bond acceptors (Lipinski definition) is 2. The van der Waals surface area contributed by atoms with Gasteiger partial charge in [-0.25, -0.2) is 9.88 Å². The molecule has 0 spiro atoms. The quantitative estimate of drug-likeness (QED) is 0.771. The lowest BCUT2D eigenvalue weighted by Gasteiger charge is -2.28. The number of piperazine rings is 1. The number of Topliss-reactive ketones (excluding diaryl/α,β-unsaturated/α-hetero) is 1. The van der Waals surface area contributed by atoms with Crippen LogP contribution < -0.4 is 14.8 Å². The minimum Gasteiger partial charge on any atom is -0.351 e. The van der Waals surface area contributed by atoms with Crippen molar-refractivity contribution in [2.75, 3.05) is 37.6 Å². The summed E-state index contributed by atoms with van der Waals surface area (Å²) in [6.45, 7) is 6.95. The van der Waals surface area contributed by atoms with Crippen molar-refractivity contribution in [3.8, 4) is 0 Å². The van der Waals surface area contributed by atoms with E-state index in [2.05, 4.69) is 4.98 Å². The number of halogens is 4. The van der Waals surface area contributed by atoms with Crippen molar-refractivity contribution >= 4 is 23.2 Å². The number of carbonyl (C=O) groups is 1. The molecular weight excluding hydrogens is 393 g/mol. The fourth-order valence-electron chi connectivity index (χ4n) is 3.55. The summed E-state index contributed by atoms with van der Waals surface area (Å²) in [5, 5.41) is 0.0461. The first-order valence-electron chi connectivity index (χ1n) is 9.11. The lowest BCUT2D eigenvalue weighted by atomic mass is 10.1. The normalized spacial score (nSPS) is 15.9. The summed E-state index contributed by atoms with van der Waals surface area (Å²) in [5.74, 6) is 0.596. The summed E-state index contributed by atoms with van der Waals surface area (Å²) in [5.41, 5.74) is 1.97. The molecule has 3 heterocycles. The van der Waals surface area contributed by atoms with E-state index in [0.29, 0.717) is 38.5 Å². The van der Waals surface area contributed by atoms with Crippen molar-refractivity contribution in [3.05, 3.63) is 45.9 Å². The van der Waals surface area contributed by atoms with Gasteiger partial charge in [0.2, 0.25) is 5.78 Å². The Balaban J connectivity index is 1.62. The van der Waals surface area contributed by atoms with Gasteiger partial charge in [0.25, 0.3) is 5.82 Å². The van der Waals surface area contributed by atoms with Crippen molar-refractivity contribution in [1.82, 2.24) is 4.57 Å². The highest BCUT2D eigenvalue weighted by Crippen LogP contribution is 2.32. The van der Waals surface area contributed by atoms with Gasteiger partial charge in [0, 0.05) is 24.0 Å². The molecule has 0 atom stereocenters. The smallest absolute Gasteiger partial charge is 0.351 e. The molecule has 2 aromatic heterocycles. The topological polar surface area (TPSA) is 43.8 Å². The minimum absolute atomic E-state index is 0.0461. The Morgan fingerprint density at radius 3 is 2.39 bits per heavy atom. The monoisotopic (exact) mass is 416 g/mol. The number of aromatic nitrogens is 2. The molecule has 0 unspecified atom stereocenters. The molecule has 2 N–H and O–H groups in total. The van der Waals surface area contributed by atoms with Crippen LogP contribution in [-0.4, -0.2) is 43.1 Å². The average molecular weight is 417 g/mol. The fraction of sp³-hybridized carbons (Fsp3) is 0.474. The van der Waals surface area contributed by atoms with Crippen LogP contribution in [0.15, 0.2) is 18.3 Å². The van der Waals surface area contributed by atoms with Crippen LogP contribution in [0.3, 0.4) is 0 Å². The van der Waals surface area contributed by atoms with Gasteiger partial charge >= 0.3 is 6.18 Å². The van der Waals surface area contributed by atoms with Crippen molar-refractivity contribution in [3.63, 3.8) is 0 Å². The fourth-order valence-corrected chi connectivity index (χ4v) is 3.84. The molecular formula is C19H24ClF3N4O+2. The maximum Gasteiger partial charge on any atom is 0.419 e. The van der Waals surface area contributed by atoms with Crippen LogP contribution in [0.2, 0.25) is 5.02 Å². The molecule has 0 amide bonds. The van der Waals surface area contributed by atoms with E-state index in [4.69, 9.17) is 11.6 Å². The Morgan fingerprint density at radius 2 is 1.89 bits per heavy atom. The zero-order valence-electron chi connectivity index (χ0n) is 16.1. The predicted octanol–water partition coefficient (Wildman–Crippen LogP) is 1.72. The second kappa shape index (κ2) is 7.75. The number of rotatable bonds is 4. The maximum absolute atomic E-state index is 12.8. The van der Waals surface area contributed by atoms with Gasteiger partial charge in [0.1, 0.15) is 43.9 Å². The zero-order valence-corrected chi connectivity index (χ0v) is 16.8. The van der Waals surface area contributed by atoms with Crippen LogP contribution in [0.25, 0.3) is 0 Å². The summed E-state index contributed by atoms with van der Waals surface area (Å²) < 4.78 is 40.3. The molecule has 3 rings (SSSR count). The molecule has 152 valence electrons. The molecule has 1 fully saturated rings. The first-order chi connectivity index (χ1) is 13.1. The number of nitrogens with one attached hydrogen (secondary N) is 2. The largest absolute Gasteiger partial charge is 0.419 e. The first-order valence-corrected chi connectivity index (χ1v) is 9.48. The van der Waals surface area contributed by atoms with Gasteiger partial charge in [0.05, 0.1) is 5.56 Å². The van der Waals surface area contributed by atoms with Gasteiger partial charge in [-0.1, -0.05) is 11.6 Å². The molecule has 5 nitrogen and oxygen atoms in total. The van der Waals surface area contributed by atoms with Gasteiger partial charge in [-0.05, 0) is 26.0 Å². The highest BCUT2D eigenvalue weighted by Gasteiger charge is 2.35. The number of nitrogens with zero attached hydrogens (tertiary/aromatic N) is 2.